The Bertz CT molecular complexity index is 398. The second-order valence-corrected chi connectivity index (χ2v) is 4.14. The van der Waals surface area contributed by atoms with E-state index < -0.39 is 0 Å². The van der Waals surface area contributed by atoms with E-state index in [9.17, 15) is 9.59 Å². The minimum Gasteiger partial charge on any atom is -0.427 e. The molecule has 1 aromatic carbocycles. The number of hydrogen-bond acceptors (Lipinski definition) is 3. The van der Waals surface area contributed by atoms with Crippen LogP contribution in [0.3, 0.4) is 0 Å². The maximum absolute atomic E-state index is 11.5. The highest BCUT2D eigenvalue weighted by atomic mass is 16.5. The largest absolute Gasteiger partial charge is 0.427 e. The van der Waals surface area contributed by atoms with Crippen molar-refractivity contribution in [3.05, 3.63) is 24.3 Å². The van der Waals surface area contributed by atoms with E-state index in [0.717, 1.165) is 19.3 Å². The molecular weight excluding hydrogens is 230 g/mol. The number of carbonyl (C=O) groups excluding carboxylic acids is 2. The van der Waals surface area contributed by atoms with E-state index in [1.54, 1.807) is 24.3 Å². The second kappa shape index (κ2) is 7.48. The molecule has 98 valence electrons. The van der Waals surface area contributed by atoms with Crippen molar-refractivity contribution in [1.82, 2.24) is 0 Å². The molecule has 1 aromatic rings. The number of nitrogens with one attached hydrogen (secondary N) is 1. The zero-order chi connectivity index (χ0) is 13.4. The van der Waals surface area contributed by atoms with Gasteiger partial charge < -0.3 is 10.1 Å². The summed E-state index contributed by atoms with van der Waals surface area (Å²) in [7, 11) is 0. The number of unbranched alkanes of at least 4 members (excludes halogenated alkanes) is 2. The molecule has 0 aliphatic carbocycles. The van der Waals surface area contributed by atoms with E-state index in [2.05, 4.69) is 12.2 Å². The van der Waals surface area contributed by atoms with E-state index in [1.807, 2.05) is 0 Å². The molecule has 0 heterocycles. The molecule has 0 spiro atoms. The van der Waals surface area contributed by atoms with Crippen molar-refractivity contribution in [2.75, 3.05) is 5.32 Å². The van der Waals surface area contributed by atoms with Crippen molar-refractivity contribution in [2.24, 2.45) is 0 Å². The molecule has 4 heteroatoms. The molecule has 1 rings (SSSR count). The van der Waals surface area contributed by atoms with Crippen LogP contribution in [0.1, 0.15) is 39.5 Å². The first-order valence-electron chi connectivity index (χ1n) is 6.20. The van der Waals surface area contributed by atoms with Gasteiger partial charge in [-0.1, -0.05) is 19.8 Å². The lowest BCUT2D eigenvalue weighted by Crippen LogP contribution is -2.08. The van der Waals surface area contributed by atoms with Crippen molar-refractivity contribution < 1.29 is 14.3 Å². The maximum atomic E-state index is 11.5. The van der Waals surface area contributed by atoms with Crippen molar-refractivity contribution >= 4 is 17.6 Å². The lowest BCUT2D eigenvalue weighted by Gasteiger charge is -2.05. The molecule has 0 fully saturated rings. The average Bonchev–Trinajstić information content (AvgIpc) is 2.31. The molecular formula is C14H19NO3. The van der Waals surface area contributed by atoms with Crippen molar-refractivity contribution in [3.63, 3.8) is 0 Å². The highest BCUT2D eigenvalue weighted by Gasteiger charge is 2.04. The fourth-order valence-corrected chi connectivity index (χ4v) is 1.51. The average molecular weight is 249 g/mol. The van der Waals surface area contributed by atoms with Crippen LogP contribution in [0.15, 0.2) is 24.3 Å². The summed E-state index contributed by atoms with van der Waals surface area (Å²) in [6.45, 7) is 3.54. The van der Waals surface area contributed by atoms with Gasteiger partial charge in [-0.2, -0.15) is 0 Å². The van der Waals surface area contributed by atoms with Crippen LogP contribution in [0, 0.1) is 0 Å². The first kappa shape index (κ1) is 14.2. The van der Waals surface area contributed by atoms with Gasteiger partial charge in [-0.15, -0.1) is 0 Å². The Morgan fingerprint density at radius 3 is 2.39 bits per heavy atom. The normalized spacial score (nSPS) is 9.89. The third-order valence-corrected chi connectivity index (χ3v) is 2.39. The van der Waals surface area contributed by atoms with E-state index in [1.165, 1.54) is 6.92 Å². The van der Waals surface area contributed by atoms with Crippen LogP contribution in [0.5, 0.6) is 5.75 Å². The van der Waals surface area contributed by atoms with Crippen LogP contribution in [0.25, 0.3) is 0 Å². The summed E-state index contributed by atoms with van der Waals surface area (Å²) in [4.78, 5) is 22.3. The van der Waals surface area contributed by atoms with Gasteiger partial charge in [0.1, 0.15) is 5.75 Å². The van der Waals surface area contributed by atoms with E-state index in [0.29, 0.717) is 17.9 Å². The maximum Gasteiger partial charge on any atom is 0.311 e. The number of anilines is 1. The Morgan fingerprint density at radius 2 is 1.83 bits per heavy atom. The second-order valence-electron chi connectivity index (χ2n) is 4.14. The Labute approximate surface area is 107 Å². The van der Waals surface area contributed by atoms with Gasteiger partial charge in [0.05, 0.1) is 0 Å². The molecule has 0 aromatic heterocycles. The van der Waals surface area contributed by atoms with E-state index in [-0.39, 0.29) is 11.9 Å². The zero-order valence-electron chi connectivity index (χ0n) is 10.9. The molecule has 0 saturated carbocycles. The van der Waals surface area contributed by atoms with Gasteiger partial charge >= 0.3 is 5.97 Å². The number of esters is 1. The topological polar surface area (TPSA) is 55.4 Å². The molecule has 0 unspecified atom stereocenters. The van der Waals surface area contributed by atoms with Crippen LogP contribution in [0.4, 0.5) is 5.69 Å². The molecule has 0 bridgehead atoms. The molecule has 18 heavy (non-hydrogen) atoms. The van der Waals surface area contributed by atoms with Crippen LogP contribution in [-0.2, 0) is 9.59 Å². The van der Waals surface area contributed by atoms with Crippen LogP contribution in [-0.4, -0.2) is 11.9 Å². The van der Waals surface area contributed by atoms with Crippen molar-refractivity contribution in [1.29, 1.82) is 0 Å². The first-order chi connectivity index (χ1) is 8.61. The summed E-state index contributed by atoms with van der Waals surface area (Å²) in [6.07, 6.45) is 3.43. The molecule has 0 radical (unpaired) electrons. The summed E-state index contributed by atoms with van der Waals surface area (Å²) < 4.78 is 5.17. The molecule has 4 nitrogen and oxygen atoms in total. The monoisotopic (exact) mass is 249 g/mol. The molecule has 1 amide bonds. The van der Waals surface area contributed by atoms with Gasteiger partial charge in [-0.05, 0) is 30.7 Å². The quantitative estimate of drug-likeness (QED) is 0.478. The highest BCUT2D eigenvalue weighted by molar-refractivity contribution is 5.88. The van der Waals surface area contributed by atoms with E-state index in [4.69, 9.17) is 4.74 Å². The van der Waals surface area contributed by atoms with Gasteiger partial charge in [0.25, 0.3) is 0 Å². The Kier molecular flexibility index (Phi) is 5.91. The van der Waals surface area contributed by atoms with Gasteiger partial charge in [0, 0.05) is 19.0 Å². The van der Waals surface area contributed by atoms with Crippen molar-refractivity contribution in [2.45, 2.75) is 39.5 Å². The molecule has 1 N–H and O–H groups in total. The Balaban J connectivity index is 2.43. The lowest BCUT2D eigenvalue weighted by atomic mass is 10.2. The predicted octanol–water partition coefficient (Wildman–Crippen LogP) is 3.13. The molecule has 0 aliphatic rings. The Morgan fingerprint density at radius 1 is 1.17 bits per heavy atom. The smallest absolute Gasteiger partial charge is 0.311 e. The molecule has 0 saturated heterocycles. The minimum atomic E-state index is -0.212. The van der Waals surface area contributed by atoms with Gasteiger partial charge in [0.15, 0.2) is 0 Å². The number of hydrogen-bond donors (Lipinski definition) is 1. The molecule has 0 atom stereocenters. The standard InChI is InChI=1S/C14H19NO3/c1-3-4-5-6-14(17)18-13-9-7-12(8-10-13)15-11(2)16/h7-10H,3-6H2,1-2H3,(H,15,16). The Hall–Kier alpha value is -1.84. The zero-order valence-corrected chi connectivity index (χ0v) is 10.9. The summed E-state index contributed by atoms with van der Waals surface area (Å²) in [5.74, 6) is 0.167. The number of ether oxygens (including phenoxy) is 1. The summed E-state index contributed by atoms with van der Waals surface area (Å²) in [5, 5.41) is 2.65. The lowest BCUT2D eigenvalue weighted by molar-refractivity contribution is -0.134. The van der Waals surface area contributed by atoms with E-state index >= 15 is 0 Å². The van der Waals surface area contributed by atoms with Gasteiger partial charge in [-0.25, -0.2) is 0 Å². The SMILES string of the molecule is CCCCCC(=O)Oc1ccc(NC(C)=O)cc1. The van der Waals surface area contributed by atoms with Gasteiger partial charge in [-0.3, -0.25) is 9.59 Å². The van der Waals surface area contributed by atoms with Gasteiger partial charge in [0.2, 0.25) is 5.91 Å². The highest BCUT2D eigenvalue weighted by Crippen LogP contribution is 2.16. The van der Waals surface area contributed by atoms with Crippen LogP contribution >= 0.6 is 0 Å². The summed E-state index contributed by atoms with van der Waals surface area (Å²) in [6, 6.07) is 6.75. The third-order valence-electron chi connectivity index (χ3n) is 2.39. The number of carbonyl (C=O) groups is 2. The summed E-state index contributed by atoms with van der Waals surface area (Å²) >= 11 is 0. The van der Waals surface area contributed by atoms with Crippen LogP contribution in [0.2, 0.25) is 0 Å². The van der Waals surface area contributed by atoms with Crippen LogP contribution < -0.4 is 10.1 Å². The first-order valence-corrected chi connectivity index (χ1v) is 6.20. The fourth-order valence-electron chi connectivity index (χ4n) is 1.51. The fraction of sp³-hybridized carbons (Fsp3) is 0.429. The number of rotatable bonds is 6. The number of amides is 1. The molecule has 0 aliphatic heterocycles. The van der Waals surface area contributed by atoms with Crippen molar-refractivity contribution in [3.8, 4) is 5.75 Å². The summed E-state index contributed by atoms with van der Waals surface area (Å²) in [5.41, 5.74) is 0.688. The predicted molar refractivity (Wildman–Crippen MR) is 70.5 cm³/mol. The third kappa shape index (κ3) is 5.48. The minimum absolute atomic E-state index is 0.126. The number of benzene rings is 1.